The summed E-state index contributed by atoms with van der Waals surface area (Å²) >= 11 is 0. The summed E-state index contributed by atoms with van der Waals surface area (Å²) in [6.45, 7) is 0.179. The summed E-state index contributed by atoms with van der Waals surface area (Å²) in [5.74, 6) is 0. The van der Waals surface area contributed by atoms with E-state index in [1.54, 1.807) is 0 Å². The molecule has 1 aliphatic carbocycles. The molecule has 0 saturated heterocycles. The smallest absolute Gasteiger partial charge is 0.144 e. The van der Waals surface area contributed by atoms with E-state index in [1.165, 1.54) is 0 Å². The highest BCUT2D eigenvalue weighted by Crippen LogP contribution is 2.30. The highest BCUT2D eigenvalue weighted by molar-refractivity contribution is 5.56. The molecule has 0 aliphatic heterocycles. The van der Waals surface area contributed by atoms with Crippen LogP contribution in [0, 0.1) is 0 Å². The number of halogens is 1. The molecule has 2 nitrogen and oxygen atoms in total. The zero-order chi connectivity index (χ0) is 9.97. The molecule has 0 aromatic carbocycles. The van der Waals surface area contributed by atoms with Crippen LogP contribution in [0.5, 0.6) is 0 Å². The van der Waals surface area contributed by atoms with Crippen LogP contribution in [0.3, 0.4) is 0 Å². The van der Waals surface area contributed by atoms with E-state index in [0.717, 1.165) is 24.1 Å². The summed E-state index contributed by atoms with van der Waals surface area (Å²) in [7, 11) is 0. The molecule has 1 aromatic rings. The van der Waals surface area contributed by atoms with Gasteiger partial charge in [-0.05, 0) is 24.5 Å². The van der Waals surface area contributed by atoms with E-state index < -0.39 is 6.17 Å². The predicted octanol–water partition coefficient (Wildman–Crippen LogP) is 2.37. The van der Waals surface area contributed by atoms with Gasteiger partial charge in [0.1, 0.15) is 6.17 Å². The fourth-order valence-corrected chi connectivity index (χ4v) is 1.78. The zero-order valence-corrected chi connectivity index (χ0v) is 7.96. The lowest BCUT2D eigenvalue weighted by molar-refractivity contribution is 0.288. The first-order chi connectivity index (χ1) is 6.81. The summed E-state index contributed by atoms with van der Waals surface area (Å²) in [6.07, 6.45) is 4.89. The van der Waals surface area contributed by atoms with E-state index in [2.05, 4.69) is 4.98 Å². The molecule has 76 valence electrons. The van der Waals surface area contributed by atoms with Crippen molar-refractivity contribution in [3.63, 3.8) is 0 Å². The third kappa shape index (κ3) is 1.73. The Morgan fingerprint density at radius 1 is 1.57 bits per heavy atom. The Labute approximate surface area is 82.5 Å². The maximum absolute atomic E-state index is 13.4. The number of nitrogens with one attached hydrogen (secondary N) is 1. The molecule has 0 radical (unpaired) electrons. The van der Waals surface area contributed by atoms with Gasteiger partial charge in [-0.25, -0.2) is 4.39 Å². The standard InChI is InChI=1S/C11H14FNO/c12-10-5-1-3-8-7-9(4-2-6-14)13-11(8)10/h1,3,7,10,13-14H,2,4-6H2. The van der Waals surface area contributed by atoms with Crippen LogP contribution in [0.15, 0.2) is 12.1 Å². The molecule has 14 heavy (non-hydrogen) atoms. The number of aryl methyl sites for hydroxylation is 1. The van der Waals surface area contributed by atoms with Crippen molar-refractivity contribution < 1.29 is 9.50 Å². The van der Waals surface area contributed by atoms with Crippen molar-refractivity contribution in [1.82, 2.24) is 4.98 Å². The summed E-state index contributed by atoms with van der Waals surface area (Å²) in [4.78, 5) is 3.08. The largest absolute Gasteiger partial charge is 0.396 e. The van der Waals surface area contributed by atoms with Gasteiger partial charge in [0, 0.05) is 18.7 Å². The zero-order valence-electron chi connectivity index (χ0n) is 7.96. The lowest BCUT2D eigenvalue weighted by Gasteiger charge is -2.09. The van der Waals surface area contributed by atoms with Crippen LogP contribution >= 0.6 is 0 Å². The number of rotatable bonds is 3. The average Bonchev–Trinajstić information content (AvgIpc) is 2.59. The van der Waals surface area contributed by atoms with Gasteiger partial charge in [-0.2, -0.15) is 0 Å². The second-order valence-corrected chi connectivity index (χ2v) is 3.60. The Bertz CT molecular complexity index is 343. The summed E-state index contributed by atoms with van der Waals surface area (Å²) in [5, 5.41) is 8.68. The quantitative estimate of drug-likeness (QED) is 0.763. The van der Waals surface area contributed by atoms with E-state index in [9.17, 15) is 4.39 Å². The molecule has 2 rings (SSSR count). The molecular weight excluding hydrogens is 181 g/mol. The van der Waals surface area contributed by atoms with E-state index in [-0.39, 0.29) is 6.61 Å². The minimum absolute atomic E-state index is 0.179. The lowest BCUT2D eigenvalue weighted by atomic mass is 10.0. The highest BCUT2D eigenvalue weighted by atomic mass is 19.1. The number of alkyl halides is 1. The summed E-state index contributed by atoms with van der Waals surface area (Å²) in [6, 6.07) is 1.97. The maximum Gasteiger partial charge on any atom is 0.144 e. The molecule has 2 N–H and O–H groups in total. The first-order valence-electron chi connectivity index (χ1n) is 4.94. The van der Waals surface area contributed by atoms with Crippen molar-refractivity contribution in [2.24, 2.45) is 0 Å². The van der Waals surface area contributed by atoms with Gasteiger partial charge in [-0.15, -0.1) is 0 Å². The third-order valence-electron chi connectivity index (χ3n) is 2.49. The number of hydrogen-bond donors (Lipinski definition) is 2. The number of aromatic amines is 1. The van der Waals surface area contributed by atoms with Gasteiger partial charge in [0.05, 0.1) is 5.69 Å². The fourth-order valence-electron chi connectivity index (χ4n) is 1.78. The molecule has 0 bridgehead atoms. The van der Waals surface area contributed by atoms with E-state index >= 15 is 0 Å². The lowest BCUT2D eigenvalue weighted by Crippen LogP contribution is -1.97. The van der Waals surface area contributed by atoms with Gasteiger partial charge in [-0.1, -0.05) is 12.2 Å². The second-order valence-electron chi connectivity index (χ2n) is 3.60. The topological polar surface area (TPSA) is 36.0 Å². The number of allylic oxidation sites excluding steroid dienone is 1. The molecule has 1 heterocycles. The van der Waals surface area contributed by atoms with Crippen LogP contribution in [-0.2, 0) is 6.42 Å². The van der Waals surface area contributed by atoms with Gasteiger partial charge >= 0.3 is 0 Å². The number of fused-ring (bicyclic) bond motifs is 1. The molecule has 0 amide bonds. The second kappa shape index (κ2) is 3.96. The van der Waals surface area contributed by atoms with Gasteiger partial charge in [0.15, 0.2) is 0 Å². The van der Waals surface area contributed by atoms with Gasteiger partial charge in [0.2, 0.25) is 0 Å². The molecule has 0 saturated carbocycles. The minimum atomic E-state index is -0.891. The van der Waals surface area contributed by atoms with Crippen molar-refractivity contribution in [3.8, 4) is 0 Å². The first-order valence-corrected chi connectivity index (χ1v) is 4.94. The SMILES string of the molecule is OCCCc1cc2c([nH]1)C(F)CC=C2. The minimum Gasteiger partial charge on any atom is -0.396 e. The van der Waals surface area contributed by atoms with Crippen LogP contribution in [0.1, 0.15) is 36.0 Å². The van der Waals surface area contributed by atoms with E-state index in [1.807, 2.05) is 18.2 Å². The maximum atomic E-state index is 13.4. The molecule has 1 unspecified atom stereocenters. The normalized spacial score (nSPS) is 19.7. The third-order valence-corrected chi connectivity index (χ3v) is 2.49. The van der Waals surface area contributed by atoms with Crippen molar-refractivity contribution in [2.75, 3.05) is 6.61 Å². The molecule has 1 aromatic heterocycles. The average molecular weight is 195 g/mol. The van der Waals surface area contributed by atoms with Gasteiger partial charge in [0.25, 0.3) is 0 Å². The predicted molar refractivity (Wildman–Crippen MR) is 53.7 cm³/mol. The Kier molecular flexibility index (Phi) is 2.68. The number of hydrogen-bond acceptors (Lipinski definition) is 1. The molecule has 0 spiro atoms. The van der Waals surface area contributed by atoms with Crippen molar-refractivity contribution in [2.45, 2.75) is 25.4 Å². The molecule has 0 fully saturated rings. The number of aliphatic hydroxyl groups excluding tert-OH is 1. The number of H-pyrrole nitrogens is 1. The summed E-state index contributed by atoms with van der Waals surface area (Å²) < 4.78 is 13.4. The molecule has 1 atom stereocenters. The highest BCUT2D eigenvalue weighted by Gasteiger charge is 2.18. The van der Waals surface area contributed by atoms with Crippen molar-refractivity contribution in [3.05, 3.63) is 29.1 Å². The first kappa shape index (κ1) is 9.46. The van der Waals surface area contributed by atoms with Gasteiger partial charge < -0.3 is 10.1 Å². The molecular formula is C11H14FNO. The van der Waals surface area contributed by atoms with Crippen LogP contribution in [0.2, 0.25) is 0 Å². The molecule has 1 aliphatic rings. The Hall–Kier alpha value is -1.09. The van der Waals surface area contributed by atoms with Crippen LogP contribution in [0.25, 0.3) is 6.08 Å². The van der Waals surface area contributed by atoms with Crippen molar-refractivity contribution >= 4 is 6.08 Å². The number of aromatic nitrogens is 1. The van der Waals surface area contributed by atoms with E-state index in [0.29, 0.717) is 12.1 Å². The van der Waals surface area contributed by atoms with E-state index in [4.69, 9.17) is 5.11 Å². The fraction of sp³-hybridized carbons (Fsp3) is 0.455. The summed E-state index contributed by atoms with van der Waals surface area (Å²) in [5.41, 5.74) is 2.66. The van der Waals surface area contributed by atoms with Crippen LogP contribution in [-0.4, -0.2) is 16.7 Å². The van der Waals surface area contributed by atoms with Gasteiger partial charge in [-0.3, -0.25) is 0 Å². The monoisotopic (exact) mass is 195 g/mol. The Morgan fingerprint density at radius 3 is 3.14 bits per heavy atom. The van der Waals surface area contributed by atoms with Crippen molar-refractivity contribution in [1.29, 1.82) is 0 Å². The Morgan fingerprint density at radius 2 is 2.43 bits per heavy atom. The van der Waals surface area contributed by atoms with Crippen LogP contribution < -0.4 is 0 Å². The molecule has 3 heteroatoms. The number of aliphatic hydroxyl groups is 1. The van der Waals surface area contributed by atoms with Crippen LogP contribution in [0.4, 0.5) is 4.39 Å². The Balaban J connectivity index is 2.18.